The van der Waals surface area contributed by atoms with E-state index >= 15 is 0 Å². The van der Waals surface area contributed by atoms with Crippen LogP contribution in [0.4, 0.5) is 0 Å². The van der Waals surface area contributed by atoms with Crippen molar-refractivity contribution in [3.05, 3.63) is 98.1 Å². The van der Waals surface area contributed by atoms with Gasteiger partial charge in [0.25, 0.3) is 0 Å². The quantitative estimate of drug-likeness (QED) is 0.192. The van der Waals surface area contributed by atoms with E-state index < -0.39 is 0 Å². The van der Waals surface area contributed by atoms with Crippen LogP contribution in [0.15, 0.2) is 98.1 Å². The van der Waals surface area contributed by atoms with Crippen molar-refractivity contribution in [2.24, 2.45) is 0 Å². The third kappa shape index (κ3) is 10.3. The monoisotopic (exact) mass is 615 g/mol. The van der Waals surface area contributed by atoms with Crippen LogP contribution in [0.1, 0.15) is 0 Å². The fourth-order valence-electron chi connectivity index (χ4n) is 2.97. The first kappa shape index (κ1) is 40.6. The molecule has 0 aromatic carbocycles. The van der Waals surface area contributed by atoms with Gasteiger partial charge in [0.1, 0.15) is 0 Å². The van der Waals surface area contributed by atoms with Crippen LogP contribution in [0.2, 0.25) is 0 Å². The van der Waals surface area contributed by atoms with Gasteiger partial charge in [0.2, 0.25) is 0 Å². The second-order valence-corrected chi connectivity index (χ2v) is 6.86. The van der Waals surface area contributed by atoms with Gasteiger partial charge in [-0.15, -0.1) is 0 Å². The zero-order valence-electron chi connectivity index (χ0n) is 21.4. The first-order valence-corrected chi connectivity index (χ1v) is 10.2. The van der Waals surface area contributed by atoms with E-state index in [1.165, 1.54) is 0 Å². The molecule has 0 saturated carbocycles. The second-order valence-electron chi connectivity index (χ2n) is 6.86. The van der Waals surface area contributed by atoms with E-state index in [0.717, 1.165) is 22.3 Å². The Balaban J connectivity index is -0.000000602. The predicted molar refractivity (Wildman–Crippen MR) is 150 cm³/mol. The van der Waals surface area contributed by atoms with E-state index in [1.807, 2.05) is 48.5 Å². The molecule has 41 heavy (non-hydrogen) atoms. The zero-order chi connectivity index (χ0) is 23.0. The summed E-state index contributed by atoms with van der Waals surface area (Å²) >= 11 is 0. The van der Waals surface area contributed by atoms with E-state index in [9.17, 15) is 0 Å². The van der Waals surface area contributed by atoms with Crippen LogP contribution in [0.5, 0.6) is 0 Å². The van der Waals surface area contributed by atoms with Gasteiger partial charge in [-0.05, 0) is 70.8 Å². The first-order chi connectivity index (χ1) is 16.9. The molecule has 6 heterocycles. The number of hydrogen-bond acceptors (Lipinski definition) is 8. The van der Waals surface area contributed by atoms with Crippen molar-refractivity contribution in [3.63, 3.8) is 0 Å². The summed E-state index contributed by atoms with van der Waals surface area (Å²) < 4.78 is 0. The molecule has 0 aliphatic carbocycles. The Labute approximate surface area is 243 Å². The van der Waals surface area contributed by atoms with Crippen LogP contribution in [-0.4, -0.2) is 51.3 Å². The maximum atomic E-state index is 4.37. The molecule has 0 spiro atoms. The van der Waals surface area contributed by atoms with Crippen LogP contribution < -0.4 is 9.97 Å². The molecule has 0 unspecified atom stereocenters. The molecule has 0 aliphatic rings. The summed E-state index contributed by atoms with van der Waals surface area (Å²) in [5.41, 5.74) is 3.64. The Bertz CT molecular complexity index is 1240. The van der Waals surface area contributed by atoms with Crippen molar-refractivity contribution in [1.29, 1.82) is 0 Å². The minimum atomic E-state index is 0. The van der Waals surface area contributed by atoms with Gasteiger partial charge in [0, 0.05) is 72.9 Å². The molecular weight excluding hydrogens is 583 g/mol. The molecule has 219 valence electrons. The van der Waals surface area contributed by atoms with E-state index in [1.54, 1.807) is 49.6 Å². The molecule has 0 saturated heterocycles. The minimum absolute atomic E-state index is 0. The standard InChI is InChI=1S/2C12H8N5.Co.6H2O/c2*1-5-13-6-2-9(1)11-15-12(17-16-11)10-3-7-14-8-4-10;;;;;;;/h2*1-8H;;6*1H2/q2*-1;+2;;;;;;/p+4. The SMILES string of the molecule is O.O.[Co+2].[OH3+].[OH3+].[OH3+].[OH3+].c1cc(-c2nnc(-c3ccncc3)[n-]2)ccn1.c1cc(-c2nnc(-c3ccncc3)[n-]2)ccn1. The molecule has 0 aliphatic heterocycles. The first-order valence-electron chi connectivity index (χ1n) is 10.2. The van der Waals surface area contributed by atoms with Gasteiger partial charge >= 0.3 is 16.8 Å². The topological polar surface area (TPSA) is 326 Å². The van der Waals surface area contributed by atoms with Crippen molar-refractivity contribution in [2.45, 2.75) is 0 Å². The molecule has 6 aromatic heterocycles. The average molecular weight is 616 g/mol. The Morgan fingerprint density at radius 3 is 0.683 bits per heavy atom. The molecule has 0 bridgehead atoms. The van der Waals surface area contributed by atoms with Crippen molar-refractivity contribution >= 4 is 0 Å². The van der Waals surface area contributed by atoms with Gasteiger partial charge in [-0.1, -0.05) is 0 Å². The average Bonchev–Trinajstić information content (AvgIpc) is 3.62. The predicted octanol–water partition coefficient (Wildman–Crippen LogP) is -2.22. The smallest absolute Gasteiger partial charge is 0.457 e. The molecule has 16 N–H and O–H groups in total. The summed E-state index contributed by atoms with van der Waals surface area (Å²) in [5.74, 6) is 2.44. The van der Waals surface area contributed by atoms with Gasteiger partial charge in [-0.3, -0.25) is 19.9 Å². The fourth-order valence-corrected chi connectivity index (χ4v) is 2.97. The molecule has 17 heteroatoms. The van der Waals surface area contributed by atoms with Gasteiger partial charge in [0.05, 0.1) is 0 Å². The Morgan fingerprint density at radius 2 is 0.512 bits per heavy atom. The normalized spacial score (nSPS) is 8.59. The van der Waals surface area contributed by atoms with Crippen molar-refractivity contribution in [2.75, 3.05) is 0 Å². The van der Waals surface area contributed by atoms with Crippen LogP contribution in [0.3, 0.4) is 0 Å². The van der Waals surface area contributed by atoms with Crippen LogP contribution >= 0.6 is 0 Å². The zero-order valence-corrected chi connectivity index (χ0v) is 22.4. The van der Waals surface area contributed by atoms with Gasteiger partial charge in [0.15, 0.2) is 0 Å². The summed E-state index contributed by atoms with van der Waals surface area (Å²) in [6, 6.07) is 14.8. The molecule has 16 nitrogen and oxygen atoms in total. The maximum Gasteiger partial charge on any atom is 2.00 e. The maximum absolute atomic E-state index is 4.37. The molecule has 6 rings (SSSR count). The summed E-state index contributed by atoms with van der Waals surface area (Å²) in [4.78, 5) is 24.6. The summed E-state index contributed by atoms with van der Waals surface area (Å²) in [7, 11) is 0. The Hall–Kier alpha value is -4.85. The molecular formula is C24H32CoN10O6+4. The Kier molecular flexibility index (Phi) is 19.9. The number of hydrogen-bond donors (Lipinski definition) is 0. The van der Waals surface area contributed by atoms with Crippen molar-refractivity contribution < 1.29 is 49.6 Å². The Morgan fingerprint density at radius 1 is 0.341 bits per heavy atom. The number of pyridine rings is 4. The second kappa shape index (κ2) is 20.1. The molecule has 0 fully saturated rings. The summed E-state index contributed by atoms with van der Waals surface area (Å²) in [5, 5.41) is 16.2. The fraction of sp³-hybridized carbons (Fsp3) is 0. The third-order valence-corrected chi connectivity index (χ3v) is 4.66. The number of aromatic nitrogens is 10. The van der Waals surface area contributed by atoms with E-state index in [0.29, 0.717) is 23.3 Å². The number of nitrogens with zero attached hydrogens (tertiary/aromatic N) is 10. The van der Waals surface area contributed by atoms with E-state index in [4.69, 9.17) is 0 Å². The van der Waals surface area contributed by atoms with Crippen molar-refractivity contribution in [1.82, 2.24) is 50.3 Å². The van der Waals surface area contributed by atoms with Gasteiger partial charge in [-0.2, -0.15) is 0 Å². The van der Waals surface area contributed by atoms with Crippen LogP contribution in [-0.2, 0) is 38.7 Å². The third-order valence-electron chi connectivity index (χ3n) is 4.66. The van der Waals surface area contributed by atoms with Crippen LogP contribution in [0, 0.1) is 0 Å². The van der Waals surface area contributed by atoms with Gasteiger partial charge < -0.3 is 63.2 Å². The minimum Gasteiger partial charge on any atom is -0.457 e. The molecule has 1 radical (unpaired) electrons. The summed E-state index contributed by atoms with van der Waals surface area (Å²) in [6.45, 7) is 0. The van der Waals surface area contributed by atoms with E-state index in [-0.39, 0.29) is 49.6 Å². The largest absolute Gasteiger partial charge is 2.00 e. The molecule has 0 amide bonds. The van der Waals surface area contributed by atoms with Crippen LogP contribution in [0.25, 0.3) is 45.6 Å². The molecule has 6 aromatic rings. The molecule has 0 atom stereocenters. The van der Waals surface area contributed by atoms with E-state index in [2.05, 4.69) is 50.3 Å². The summed E-state index contributed by atoms with van der Waals surface area (Å²) in [6.07, 6.45) is 13.6. The number of rotatable bonds is 4. The van der Waals surface area contributed by atoms with Gasteiger partial charge in [-0.25, -0.2) is 0 Å². The van der Waals surface area contributed by atoms with Crippen molar-refractivity contribution in [3.8, 4) is 45.6 Å².